The van der Waals surface area contributed by atoms with Gasteiger partial charge in [0.25, 0.3) is 5.91 Å². The fourth-order valence-electron chi connectivity index (χ4n) is 3.54. The van der Waals surface area contributed by atoms with Gasteiger partial charge in [-0.15, -0.1) is 0 Å². The van der Waals surface area contributed by atoms with Gasteiger partial charge in [0.1, 0.15) is 11.3 Å². The molecular formula is C27H18FN3O2S. The van der Waals surface area contributed by atoms with Crippen LogP contribution in [-0.2, 0) is 0 Å². The van der Waals surface area contributed by atoms with E-state index in [4.69, 9.17) is 16.6 Å². The van der Waals surface area contributed by atoms with Crippen molar-refractivity contribution in [2.45, 2.75) is 0 Å². The summed E-state index contributed by atoms with van der Waals surface area (Å²) in [5.74, 6) is -0.738. The average Bonchev–Trinajstić information content (AvgIpc) is 3.28. The first-order valence-electron chi connectivity index (χ1n) is 10.5. The van der Waals surface area contributed by atoms with Crippen LogP contribution in [0.4, 0.5) is 10.1 Å². The van der Waals surface area contributed by atoms with Crippen molar-refractivity contribution < 1.29 is 13.6 Å². The SMILES string of the molecule is O=C(NC(=S)Nc1ccc2oc(-c3ccc(-c4ccccc4)cc3)nc2c1)c1ccccc1F. The van der Waals surface area contributed by atoms with Gasteiger partial charge in [-0.2, -0.15) is 0 Å². The second kappa shape index (κ2) is 9.25. The van der Waals surface area contributed by atoms with Crippen LogP contribution >= 0.6 is 12.2 Å². The second-order valence-corrected chi connectivity index (χ2v) is 7.94. The topological polar surface area (TPSA) is 67.2 Å². The third kappa shape index (κ3) is 4.55. The van der Waals surface area contributed by atoms with Gasteiger partial charge in [0.2, 0.25) is 5.89 Å². The number of amides is 1. The van der Waals surface area contributed by atoms with E-state index in [9.17, 15) is 9.18 Å². The Labute approximate surface area is 200 Å². The predicted octanol–water partition coefficient (Wildman–Crippen LogP) is 6.43. The number of aromatic nitrogens is 1. The number of carbonyl (C=O) groups excluding carboxylic acids is 1. The van der Waals surface area contributed by atoms with Crippen molar-refractivity contribution in [2.24, 2.45) is 0 Å². The standard InChI is InChI=1S/C27H18FN3O2S/c28-22-9-5-4-8-21(22)25(32)31-27(34)29-20-14-15-24-23(16-20)30-26(33-24)19-12-10-18(11-13-19)17-6-2-1-3-7-17/h1-16H,(H2,29,31,32,34). The highest BCUT2D eigenvalue weighted by Gasteiger charge is 2.13. The normalized spacial score (nSPS) is 10.7. The maximum absolute atomic E-state index is 13.8. The van der Waals surface area contributed by atoms with Gasteiger partial charge in [0, 0.05) is 11.3 Å². The zero-order valence-electron chi connectivity index (χ0n) is 17.8. The van der Waals surface area contributed by atoms with E-state index in [1.165, 1.54) is 18.2 Å². The summed E-state index contributed by atoms with van der Waals surface area (Å²) in [5, 5.41) is 5.45. The minimum absolute atomic E-state index is 0.0489. The zero-order chi connectivity index (χ0) is 23.5. The Balaban J connectivity index is 1.30. The monoisotopic (exact) mass is 467 g/mol. The van der Waals surface area contributed by atoms with Crippen LogP contribution in [0.1, 0.15) is 10.4 Å². The third-order valence-corrected chi connectivity index (χ3v) is 5.43. The maximum atomic E-state index is 13.8. The van der Waals surface area contributed by atoms with Crippen LogP contribution in [0.3, 0.4) is 0 Å². The minimum Gasteiger partial charge on any atom is -0.436 e. The Bertz CT molecular complexity index is 1500. The fourth-order valence-corrected chi connectivity index (χ4v) is 3.75. The second-order valence-electron chi connectivity index (χ2n) is 7.53. The number of nitrogens with one attached hydrogen (secondary N) is 2. The molecule has 1 amide bonds. The van der Waals surface area contributed by atoms with Crippen LogP contribution < -0.4 is 10.6 Å². The molecule has 0 spiro atoms. The van der Waals surface area contributed by atoms with Crippen LogP contribution in [0.5, 0.6) is 0 Å². The van der Waals surface area contributed by atoms with Gasteiger partial charge in [-0.3, -0.25) is 10.1 Å². The summed E-state index contributed by atoms with van der Waals surface area (Å²) < 4.78 is 19.7. The number of benzene rings is 4. The molecule has 166 valence electrons. The lowest BCUT2D eigenvalue weighted by atomic mass is 10.0. The molecule has 34 heavy (non-hydrogen) atoms. The summed E-state index contributed by atoms with van der Waals surface area (Å²) in [5.41, 5.74) is 4.90. The molecule has 5 rings (SSSR count). The third-order valence-electron chi connectivity index (χ3n) is 5.23. The molecule has 5 nitrogen and oxygen atoms in total. The van der Waals surface area contributed by atoms with Gasteiger partial charge < -0.3 is 9.73 Å². The predicted molar refractivity (Wildman–Crippen MR) is 135 cm³/mol. The highest BCUT2D eigenvalue weighted by molar-refractivity contribution is 7.80. The Kier molecular flexibility index (Phi) is 5.84. The molecular weight excluding hydrogens is 449 g/mol. The fraction of sp³-hybridized carbons (Fsp3) is 0. The molecule has 0 unspecified atom stereocenters. The van der Waals surface area contributed by atoms with Gasteiger partial charge in [0.05, 0.1) is 5.56 Å². The first-order valence-corrected chi connectivity index (χ1v) is 10.9. The number of oxazole rings is 1. The molecule has 0 atom stereocenters. The van der Waals surface area contributed by atoms with Crippen molar-refractivity contribution in [3.05, 3.63) is 108 Å². The molecule has 0 aliphatic carbocycles. The number of thiocarbonyl (C=S) groups is 1. The van der Waals surface area contributed by atoms with Gasteiger partial charge in [-0.1, -0.05) is 54.6 Å². The summed E-state index contributed by atoms with van der Waals surface area (Å²) >= 11 is 5.20. The van der Waals surface area contributed by atoms with Gasteiger partial charge in [-0.05, 0) is 65.8 Å². The molecule has 2 N–H and O–H groups in total. The smallest absolute Gasteiger partial charge is 0.260 e. The number of halogens is 1. The molecule has 1 aromatic heterocycles. The summed E-state index contributed by atoms with van der Waals surface area (Å²) in [6, 6.07) is 29.1. The van der Waals surface area contributed by atoms with Crippen molar-refractivity contribution >= 4 is 40.0 Å². The van der Waals surface area contributed by atoms with E-state index < -0.39 is 11.7 Å². The highest BCUT2D eigenvalue weighted by Crippen LogP contribution is 2.28. The number of hydrogen-bond donors (Lipinski definition) is 2. The largest absolute Gasteiger partial charge is 0.436 e. The highest BCUT2D eigenvalue weighted by atomic mass is 32.1. The summed E-state index contributed by atoms with van der Waals surface area (Å²) in [7, 11) is 0. The van der Waals surface area contributed by atoms with E-state index in [0.717, 1.165) is 16.7 Å². The Morgan fingerprint density at radius 2 is 1.50 bits per heavy atom. The van der Waals surface area contributed by atoms with E-state index >= 15 is 0 Å². The molecule has 0 saturated carbocycles. The zero-order valence-corrected chi connectivity index (χ0v) is 18.6. The van der Waals surface area contributed by atoms with Crippen molar-refractivity contribution in [1.82, 2.24) is 10.3 Å². The summed E-state index contributed by atoms with van der Waals surface area (Å²) in [4.78, 5) is 16.8. The lowest BCUT2D eigenvalue weighted by molar-refractivity contribution is 0.0974. The number of fused-ring (bicyclic) bond motifs is 1. The Morgan fingerprint density at radius 3 is 2.26 bits per heavy atom. The van der Waals surface area contributed by atoms with Crippen molar-refractivity contribution in [3.8, 4) is 22.6 Å². The lowest BCUT2D eigenvalue weighted by Gasteiger charge is -2.09. The summed E-state index contributed by atoms with van der Waals surface area (Å²) in [6.45, 7) is 0. The van der Waals surface area contributed by atoms with Gasteiger partial charge >= 0.3 is 0 Å². The van der Waals surface area contributed by atoms with E-state index in [-0.39, 0.29) is 10.7 Å². The molecule has 0 bridgehead atoms. The van der Waals surface area contributed by atoms with Gasteiger partial charge in [0.15, 0.2) is 10.7 Å². The summed E-state index contributed by atoms with van der Waals surface area (Å²) in [6.07, 6.45) is 0. The molecule has 0 saturated heterocycles. The number of anilines is 1. The quantitative estimate of drug-likeness (QED) is 0.298. The van der Waals surface area contributed by atoms with E-state index in [1.54, 1.807) is 24.3 Å². The molecule has 1 heterocycles. The van der Waals surface area contributed by atoms with Crippen LogP contribution in [0, 0.1) is 5.82 Å². The Hall–Kier alpha value is -4.36. The maximum Gasteiger partial charge on any atom is 0.260 e. The van der Waals surface area contributed by atoms with Crippen molar-refractivity contribution in [3.63, 3.8) is 0 Å². The van der Waals surface area contributed by atoms with Crippen LogP contribution in [0.15, 0.2) is 101 Å². The molecule has 7 heteroatoms. The minimum atomic E-state index is -0.626. The van der Waals surface area contributed by atoms with Crippen LogP contribution in [-0.4, -0.2) is 16.0 Å². The molecule has 5 aromatic rings. The van der Waals surface area contributed by atoms with Crippen LogP contribution in [0.2, 0.25) is 0 Å². The average molecular weight is 468 g/mol. The lowest BCUT2D eigenvalue weighted by Crippen LogP contribution is -2.34. The molecule has 0 fully saturated rings. The first kappa shape index (κ1) is 21.5. The van der Waals surface area contributed by atoms with Crippen LogP contribution in [0.25, 0.3) is 33.7 Å². The molecule has 4 aromatic carbocycles. The molecule has 0 aliphatic rings. The number of carbonyl (C=O) groups is 1. The van der Waals surface area contributed by atoms with E-state index in [0.29, 0.717) is 22.7 Å². The Morgan fingerprint density at radius 1 is 0.824 bits per heavy atom. The molecule has 0 radical (unpaired) electrons. The van der Waals surface area contributed by atoms with Gasteiger partial charge in [-0.25, -0.2) is 9.37 Å². The first-order chi connectivity index (χ1) is 16.6. The number of hydrogen-bond acceptors (Lipinski definition) is 4. The molecule has 0 aliphatic heterocycles. The number of rotatable bonds is 4. The van der Waals surface area contributed by atoms with Crippen molar-refractivity contribution in [1.29, 1.82) is 0 Å². The number of nitrogens with zero attached hydrogens (tertiary/aromatic N) is 1. The van der Waals surface area contributed by atoms with E-state index in [2.05, 4.69) is 27.8 Å². The van der Waals surface area contributed by atoms with E-state index in [1.807, 2.05) is 42.5 Å². The van der Waals surface area contributed by atoms with Crippen molar-refractivity contribution in [2.75, 3.05) is 5.32 Å².